The fourth-order valence-electron chi connectivity index (χ4n) is 2.67. The molecule has 0 aliphatic carbocycles. The smallest absolute Gasteiger partial charge is 0.344 e. The second-order valence-electron chi connectivity index (χ2n) is 5.80. The van der Waals surface area contributed by atoms with Gasteiger partial charge >= 0.3 is 5.97 Å². The number of hydrogen-bond donors (Lipinski definition) is 0. The summed E-state index contributed by atoms with van der Waals surface area (Å²) >= 11 is 0. The van der Waals surface area contributed by atoms with E-state index < -0.39 is 5.97 Å². The molecule has 1 amide bonds. The lowest BCUT2D eigenvalue weighted by Crippen LogP contribution is -2.42. The zero-order valence-corrected chi connectivity index (χ0v) is 14.4. The van der Waals surface area contributed by atoms with Crippen molar-refractivity contribution in [3.8, 4) is 16.9 Å². The Balaban J connectivity index is 1.51. The molecule has 0 N–H and O–H groups in total. The number of esters is 1. The van der Waals surface area contributed by atoms with Gasteiger partial charge in [-0.3, -0.25) is 4.79 Å². The molecule has 1 aliphatic rings. The molecule has 26 heavy (non-hydrogen) atoms. The molecule has 6 nitrogen and oxygen atoms in total. The first-order valence-electron chi connectivity index (χ1n) is 8.52. The summed E-state index contributed by atoms with van der Waals surface area (Å²) in [6, 6.07) is 17.3. The van der Waals surface area contributed by atoms with Crippen LogP contribution in [0.3, 0.4) is 0 Å². The van der Waals surface area contributed by atoms with Crippen molar-refractivity contribution in [2.75, 3.05) is 39.5 Å². The van der Waals surface area contributed by atoms with Crippen LogP contribution >= 0.6 is 0 Å². The van der Waals surface area contributed by atoms with Crippen LogP contribution in [-0.4, -0.2) is 56.3 Å². The van der Waals surface area contributed by atoms with E-state index in [-0.39, 0.29) is 19.1 Å². The van der Waals surface area contributed by atoms with Crippen LogP contribution in [0, 0.1) is 0 Å². The second kappa shape index (κ2) is 9.01. The van der Waals surface area contributed by atoms with Crippen LogP contribution in [0.1, 0.15) is 0 Å². The van der Waals surface area contributed by atoms with Crippen LogP contribution in [0.15, 0.2) is 54.6 Å². The molecule has 1 fully saturated rings. The minimum atomic E-state index is -0.575. The van der Waals surface area contributed by atoms with Gasteiger partial charge in [0.25, 0.3) is 5.91 Å². The number of carbonyl (C=O) groups excluding carboxylic acids is 2. The Labute approximate surface area is 152 Å². The number of amides is 1. The summed E-state index contributed by atoms with van der Waals surface area (Å²) in [4.78, 5) is 25.5. The van der Waals surface area contributed by atoms with Gasteiger partial charge in [-0.15, -0.1) is 0 Å². The first kappa shape index (κ1) is 17.9. The van der Waals surface area contributed by atoms with Crippen molar-refractivity contribution in [2.24, 2.45) is 0 Å². The molecule has 2 aromatic rings. The molecule has 0 saturated carbocycles. The molecule has 136 valence electrons. The highest BCUT2D eigenvalue weighted by Gasteiger charge is 2.18. The number of hydrogen-bond acceptors (Lipinski definition) is 5. The fraction of sp³-hybridized carbons (Fsp3) is 0.300. The van der Waals surface area contributed by atoms with Gasteiger partial charge in [0.05, 0.1) is 13.2 Å². The molecular weight excluding hydrogens is 334 g/mol. The summed E-state index contributed by atoms with van der Waals surface area (Å²) in [6.45, 7) is 1.55. The van der Waals surface area contributed by atoms with Crippen molar-refractivity contribution < 1.29 is 23.8 Å². The molecule has 0 radical (unpaired) electrons. The maximum Gasteiger partial charge on any atom is 0.344 e. The highest BCUT2D eigenvalue weighted by molar-refractivity contribution is 5.81. The molecule has 0 bridgehead atoms. The molecule has 3 rings (SSSR count). The van der Waals surface area contributed by atoms with E-state index in [2.05, 4.69) is 0 Å². The van der Waals surface area contributed by atoms with E-state index >= 15 is 0 Å². The molecule has 0 spiro atoms. The molecular formula is C20H21NO5. The van der Waals surface area contributed by atoms with E-state index in [1.165, 1.54) is 0 Å². The molecule has 1 aliphatic heterocycles. The highest BCUT2D eigenvalue weighted by Crippen LogP contribution is 2.29. The lowest BCUT2D eigenvalue weighted by atomic mass is 10.1. The van der Waals surface area contributed by atoms with Gasteiger partial charge in [0.1, 0.15) is 5.75 Å². The van der Waals surface area contributed by atoms with Gasteiger partial charge in [-0.2, -0.15) is 0 Å². The van der Waals surface area contributed by atoms with E-state index in [1.807, 2.05) is 48.5 Å². The Hall–Kier alpha value is -2.86. The zero-order valence-electron chi connectivity index (χ0n) is 14.4. The first-order chi connectivity index (χ1) is 12.7. The summed E-state index contributed by atoms with van der Waals surface area (Å²) in [5.41, 5.74) is 1.89. The largest absolute Gasteiger partial charge is 0.481 e. The van der Waals surface area contributed by atoms with Crippen molar-refractivity contribution in [2.45, 2.75) is 0 Å². The van der Waals surface area contributed by atoms with Crippen LogP contribution in [-0.2, 0) is 19.1 Å². The predicted octanol–water partition coefficient (Wildman–Crippen LogP) is 2.13. The van der Waals surface area contributed by atoms with Crippen molar-refractivity contribution in [1.82, 2.24) is 4.90 Å². The summed E-state index contributed by atoms with van der Waals surface area (Å²) < 4.78 is 15.8. The Morgan fingerprint density at radius 3 is 2.38 bits per heavy atom. The maximum absolute atomic E-state index is 12.0. The van der Waals surface area contributed by atoms with Gasteiger partial charge in [0, 0.05) is 18.7 Å². The standard InChI is InChI=1S/C20H21NO5/c22-19(21-10-12-24-13-11-21)14-26-20(23)15-25-18-9-5-4-8-17(18)16-6-2-1-3-7-16/h1-9H,10-15H2. The summed E-state index contributed by atoms with van der Waals surface area (Å²) in [5.74, 6) is -0.198. The SMILES string of the molecule is O=C(COc1ccccc1-c1ccccc1)OCC(=O)N1CCOCC1. The van der Waals surface area contributed by atoms with Gasteiger partial charge in [0.15, 0.2) is 13.2 Å². The highest BCUT2D eigenvalue weighted by atomic mass is 16.6. The minimum Gasteiger partial charge on any atom is -0.481 e. The number of carbonyl (C=O) groups is 2. The first-order valence-corrected chi connectivity index (χ1v) is 8.52. The van der Waals surface area contributed by atoms with Gasteiger partial charge in [-0.25, -0.2) is 4.79 Å². The Bertz CT molecular complexity index is 741. The Morgan fingerprint density at radius 1 is 0.923 bits per heavy atom. The number of benzene rings is 2. The normalized spacial score (nSPS) is 13.9. The summed E-state index contributed by atoms with van der Waals surface area (Å²) in [7, 11) is 0. The van der Waals surface area contributed by atoms with E-state index in [9.17, 15) is 9.59 Å². The van der Waals surface area contributed by atoms with Crippen LogP contribution in [0.5, 0.6) is 5.75 Å². The quantitative estimate of drug-likeness (QED) is 0.743. The molecule has 0 aromatic heterocycles. The fourth-order valence-corrected chi connectivity index (χ4v) is 2.67. The predicted molar refractivity (Wildman–Crippen MR) is 95.7 cm³/mol. The average Bonchev–Trinajstić information content (AvgIpc) is 2.72. The van der Waals surface area contributed by atoms with Gasteiger partial charge in [-0.1, -0.05) is 48.5 Å². The molecule has 0 atom stereocenters. The van der Waals surface area contributed by atoms with Crippen molar-refractivity contribution in [3.63, 3.8) is 0 Å². The summed E-state index contributed by atoms with van der Waals surface area (Å²) in [5, 5.41) is 0. The van der Waals surface area contributed by atoms with Crippen LogP contribution < -0.4 is 4.74 Å². The Kier molecular flexibility index (Phi) is 6.22. The van der Waals surface area contributed by atoms with E-state index in [4.69, 9.17) is 14.2 Å². The second-order valence-corrected chi connectivity index (χ2v) is 5.80. The molecule has 1 saturated heterocycles. The lowest BCUT2D eigenvalue weighted by molar-refractivity contribution is -0.155. The topological polar surface area (TPSA) is 65.1 Å². The monoisotopic (exact) mass is 355 g/mol. The van der Waals surface area contributed by atoms with Gasteiger partial charge in [-0.05, 0) is 11.6 Å². The van der Waals surface area contributed by atoms with Crippen LogP contribution in [0.4, 0.5) is 0 Å². The molecule has 0 unspecified atom stereocenters. The van der Waals surface area contributed by atoms with Gasteiger partial charge < -0.3 is 19.1 Å². The number of morpholine rings is 1. The third kappa shape index (κ3) is 4.83. The van der Waals surface area contributed by atoms with E-state index in [1.54, 1.807) is 11.0 Å². The van der Waals surface area contributed by atoms with Gasteiger partial charge in [0.2, 0.25) is 0 Å². The molecule has 1 heterocycles. The number of ether oxygens (including phenoxy) is 3. The zero-order chi connectivity index (χ0) is 18.2. The van der Waals surface area contributed by atoms with Crippen molar-refractivity contribution in [3.05, 3.63) is 54.6 Å². The minimum absolute atomic E-state index is 0.216. The lowest BCUT2D eigenvalue weighted by Gasteiger charge is -2.26. The van der Waals surface area contributed by atoms with E-state index in [0.717, 1.165) is 11.1 Å². The Morgan fingerprint density at radius 2 is 1.62 bits per heavy atom. The number of rotatable bonds is 6. The number of para-hydroxylation sites is 1. The number of nitrogens with zero attached hydrogens (tertiary/aromatic N) is 1. The molecule has 2 aromatic carbocycles. The third-order valence-corrected chi connectivity index (χ3v) is 4.04. The van der Waals surface area contributed by atoms with E-state index in [0.29, 0.717) is 32.1 Å². The van der Waals surface area contributed by atoms with Crippen LogP contribution in [0.2, 0.25) is 0 Å². The average molecular weight is 355 g/mol. The van der Waals surface area contributed by atoms with Crippen molar-refractivity contribution in [1.29, 1.82) is 0 Å². The van der Waals surface area contributed by atoms with Crippen molar-refractivity contribution >= 4 is 11.9 Å². The third-order valence-electron chi connectivity index (χ3n) is 4.04. The summed E-state index contributed by atoms with van der Waals surface area (Å²) in [6.07, 6.45) is 0. The molecule has 6 heteroatoms. The van der Waals surface area contributed by atoms with Crippen LogP contribution in [0.25, 0.3) is 11.1 Å². The maximum atomic E-state index is 12.0.